The highest BCUT2D eigenvalue weighted by Gasteiger charge is 2.13. The Kier molecular flexibility index (Phi) is 4.96. The van der Waals surface area contributed by atoms with Crippen molar-refractivity contribution in [2.75, 3.05) is 25.6 Å². The summed E-state index contributed by atoms with van der Waals surface area (Å²) in [6.45, 7) is 4.84. The van der Waals surface area contributed by atoms with E-state index in [2.05, 4.69) is 0 Å². The first-order chi connectivity index (χ1) is 8.33. The third kappa shape index (κ3) is 4.53. The molecule has 2 N–H and O–H groups in total. The van der Waals surface area contributed by atoms with Crippen LogP contribution in [0.5, 0.6) is 5.75 Å². The van der Waals surface area contributed by atoms with Crippen LogP contribution in [0.3, 0.4) is 0 Å². The zero-order valence-electron chi connectivity index (χ0n) is 11.7. The van der Waals surface area contributed by atoms with Gasteiger partial charge in [0.25, 0.3) is 0 Å². The number of nitrogens with zero attached hydrogens (tertiary/aromatic N) is 1. The van der Waals surface area contributed by atoms with Crippen molar-refractivity contribution in [2.24, 2.45) is 5.73 Å². The maximum atomic E-state index is 13.3. The monoisotopic (exact) mass is 254 g/mol. The van der Waals surface area contributed by atoms with Gasteiger partial charge in [0, 0.05) is 25.2 Å². The Labute approximate surface area is 109 Å². The third-order valence-corrected chi connectivity index (χ3v) is 2.87. The van der Waals surface area contributed by atoms with Gasteiger partial charge in [0.05, 0.1) is 12.8 Å². The topological polar surface area (TPSA) is 38.5 Å². The Bertz CT molecular complexity index is 388. The van der Waals surface area contributed by atoms with Crippen LogP contribution in [0.2, 0.25) is 0 Å². The van der Waals surface area contributed by atoms with Crippen molar-refractivity contribution < 1.29 is 9.13 Å². The predicted molar refractivity (Wildman–Crippen MR) is 73.7 cm³/mol. The minimum absolute atomic E-state index is 0.160. The number of halogens is 1. The fraction of sp³-hybridized carbons (Fsp3) is 0.571. The molecule has 0 aliphatic heterocycles. The second-order valence-electron chi connectivity index (χ2n) is 5.33. The molecule has 1 rings (SSSR count). The van der Waals surface area contributed by atoms with Crippen molar-refractivity contribution in [1.29, 1.82) is 0 Å². The number of nitrogens with two attached hydrogens (primary N) is 1. The first-order valence-electron chi connectivity index (χ1n) is 6.17. The molecular weight excluding hydrogens is 231 g/mol. The third-order valence-electron chi connectivity index (χ3n) is 2.87. The van der Waals surface area contributed by atoms with Crippen LogP contribution in [0, 0.1) is 5.82 Å². The standard InChI is InChI=1S/C14H23FN2O/c1-14(2,16)8-5-9-17(3)12-10-11(15)6-7-13(12)18-4/h6-7,10H,5,8-9,16H2,1-4H3. The molecule has 0 atom stereocenters. The zero-order chi connectivity index (χ0) is 13.8. The molecule has 0 radical (unpaired) electrons. The van der Waals surface area contributed by atoms with Crippen molar-refractivity contribution in [2.45, 2.75) is 32.2 Å². The highest BCUT2D eigenvalue weighted by Crippen LogP contribution is 2.28. The molecule has 0 saturated carbocycles. The molecule has 3 nitrogen and oxygen atoms in total. The molecule has 0 spiro atoms. The lowest BCUT2D eigenvalue weighted by atomic mass is 10.00. The summed E-state index contributed by atoms with van der Waals surface area (Å²) in [5, 5.41) is 0. The number of methoxy groups -OCH3 is 1. The van der Waals surface area contributed by atoms with Gasteiger partial charge in [0.15, 0.2) is 0 Å². The number of benzene rings is 1. The van der Waals surface area contributed by atoms with E-state index in [0.29, 0.717) is 5.75 Å². The SMILES string of the molecule is COc1ccc(F)cc1N(C)CCCC(C)(C)N. The minimum Gasteiger partial charge on any atom is -0.495 e. The molecule has 0 amide bonds. The average molecular weight is 254 g/mol. The van der Waals surface area contributed by atoms with E-state index in [1.165, 1.54) is 12.1 Å². The average Bonchev–Trinajstić information content (AvgIpc) is 2.27. The maximum Gasteiger partial charge on any atom is 0.142 e. The molecule has 4 heteroatoms. The lowest BCUT2D eigenvalue weighted by Gasteiger charge is -2.24. The van der Waals surface area contributed by atoms with Crippen molar-refractivity contribution in [3.8, 4) is 5.75 Å². The van der Waals surface area contributed by atoms with Crippen molar-refractivity contribution in [3.05, 3.63) is 24.0 Å². The molecule has 0 aromatic heterocycles. The van der Waals surface area contributed by atoms with Crippen LogP contribution in [-0.2, 0) is 0 Å². The van der Waals surface area contributed by atoms with Gasteiger partial charge in [-0.1, -0.05) is 0 Å². The van der Waals surface area contributed by atoms with Gasteiger partial charge in [-0.15, -0.1) is 0 Å². The number of hydrogen-bond acceptors (Lipinski definition) is 3. The molecule has 0 saturated heterocycles. The van der Waals surface area contributed by atoms with Gasteiger partial charge < -0.3 is 15.4 Å². The molecule has 1 aromatic carbocycles. The van der Waals surface area contributed by atoms with Crippen LogP contribution in [-0.4, -0.2) is 26.2 Å². The zero-order valence-corrected chi connectivity index (χ0v) is 11.7. The summed E-state index contributed by atoms with van der Waals surface area (Å²) in [5.74, 6) is 0.433. The Morgan fingerprint density at radius 2 is 2.06 bits per heavy atom. The fourth-order valence-electron chi connectivity index (χ4n) is 1.85. The van der Waals surface area contributed by atoms with Gasteiger partial charge in [-0.2, -0.15) is 0 Å². The van der Waals surface area contributed by atoms with Gasteiger partial charge >= 0.3 is 0 Å². The Hall–Kier alpha value is -1.29. The Balaban J connectivity index is 2.66. The predicted octanol–water partition coefficient (Wildman–Crippen LogP) is 2.79. The summed E-state index contributed by atoms with van der Waals surface area (Å²) < 4.78 is 18.5. The second-order valence-corrected chi connectivity index (χ2v) is 5.33. The molecule has 0 aliphatic rings. The van der Waals surface area contributed by atoms with E-state index in [9.17, 15) is 4.39 Å². The first kappa shape index (κ1) is 14.8. The van der Waals surface area contributed by atoms with Crippen LogP contribution in [0.4, 0.5) is 10.1 Å². The molecular formula is C14H23FN2O. The fourth-order valence-corrected chi connectivity index (χ4v) is 1.85. The quantitative estimate of drug-likeness (QED) is 0.848. The first-order valence-corrected chi connectivity index (χ1v) is 6.17. The van der Waals surface area contributed by atoms with E-state index in [1.54, 1.807) is 13.2 Å². The number of ether oxygens (including phenoxy) is 1. The molecule has 0 unspecified atom stereocenters. The summed E-state index contributed by atoms with van der Waals surface area (Å²) >= 11 is 0. The highest BCUT2D eigenvalue weighted by molar-refractivity contribution is 5.58. The van der Waals surface area contributed by atoms with Crippen LogP contribution in [0.1, 0.15) is 26.7 Å². The van der Waals surface area contributed by atoms with E-state index in [-0.39, 0.29) is 11.4 Å². The van der Waals surface area contributed by atoms with E-state index < -0.39 is 0 Å². The lowest BCUT2D eigenvalue weighted by Crippen LogP contribution is -2.33. The minimum atomic E-state index is -0.253. The smallest absolute Gasteiger partial charge is 0.142 e. The van der Waals surface area contributed by atoms with E-state index >= 15 is 0 Å². The summed E-state index contributed by atoms with van der Waals surface area (Å²) in [6, 6.07) is 4.54. The molecule has 0 fully saturated rings. The number of hydrogen-bond donors (Lipinski definition) is 1. The van der Waals surface area contributed by atoms with Crippen LogP contribution in [0.15, 0.2) is 18.2 Å². The Morgan fingerprint density at radius 1 is 1.39 bits per heavy atom. The molecule has 0 bridgehead atoms. The van der Waals surface area contributed by atoms with Gasteiger partial charge in [0.1, 0.15) is 11.6 Å². The Morgan fingerprint density at radius 3 is 2.61 bits per heavy atom. The summed E-state index contributed by atoms with van der Waals surface area (Å²) in [4.78, 5) is 1.99. The van der Waals surface area contributed by atoms with E-state index in [1.807, 2.05) is 25.8 Å². The maximum absolute atomic E-state index is 13.3. The largest absolute Gasteiger partial charge is 0.495 e. The van der Waals surface area contributed by atoms with Crippen LogP contribution in [0.25, 0.3) is 0 Å². The summed E-state index contributed by atoms with van der Waals surface area (Å²) in [7, 11) is 3.52. The number of anilines is 1. The highest BCUT2D eigenvalue weighted by atomic mass is 19.1. The van der Waals surface area contributed by atoms with Gasteiger partial charge in [-0.05, 0) is 38.8 Å². The molecule has 1 aromatic rings. The summed E-state index contributed by atoms with van der Waals surface area (Å²) in [6.07, 6.45) is 1.88. The van der Waals surface area contributed by atoms with E-state index in [4.69, 9.17) is 10.5 Å². The number of rotatable bonds is 6. The van der Waals surface area contributed by atoms with Crippen molar-refractivity contribution in [3.63, 3.8) is 0 Å². The van der Waals surface area contributed by atoms with Crippen LogP contribution >= 0.6 is 0 Å². The molecule has 18 heavy (non-hydrogen) atoms. The normalized spacial score (nSPS) is 11.4. The van der Waals surface area contributed by atoms with Gasteiger partial charge in [-0.3, -0.25) is 0 Å². The van der Waals surface area contributed by atoms with Crippen molar-refractivity contribution >= 4 is 5.69 Å². The molecule has 102 valence electrons. The lowest BCUT2D eigenvalue weighted by molar-refractivity contribution is 0.412. The molecule has 0 heterocycles. The van der Waals surface area contributed by atoms with Gasteiger partial charge in [0.2, 0.25) is 0 Å². The van der Waals surface area contributed by atoms with E-state index in [0.717, 1.165) is 25.1 Å². The molecule has 0 aliphatic carbocycles. The van der Waals surface area contributed by atoms with Crippen LogP contribution < -0.4 is 15.4 Å². The van der Waals surface area contributed by atoms with Gasteiger partial charge in [-0.25, -0.2) is 4.39 Å². The summed E-state index contributed by atoms with van der Waals surface area (Å²) in [5.41, 5.74) is 6.55. The van der Waals surface area contributed by atoms with Crippen molar-refractivity contribution in [1.82, 2.24) is 0 Å². The second kappa shape index (κ2) is 6.05.